The Kier molecular flexibility index (Phi) is 4.06. The van der Waals surface area contributed by atoms with Crippen LogP contribution in [0, 0.1) is 5.92 Å². The number of hydrogen-bond donors (Lipinski definition) is 1. The first kappa shape index (κ1) is 16.2. The topological polar surface area (TPSA) is 73.9 Å². The van der Waals surface area contributed by atoms with E-state index in [4.69, 9.17) is 14.2 Å². The molecule has 1 unspecified atom stereocenters. The van der Waals surface area contributed by atoms with Crippen molar-refractivity contribution in [2.75, 3.05) is 0 Å². The van der Waals surface area contributed by atoms with Crippen LogP contribution in [0.2, 0.25) is 0 Å². The molecule has 0 radical (unpaired) electrons. The molecule has 1 N–H and O–H groups in total. The second kappa shape index (κ2) is 5.25. The fourth-order valence-electron chi connectivity index (χ4n) is 2.98. The minimum Gasteiger partial charge on any atom is -0.444 e. The largest absolute Gasteiger partial charge is 0.444 e. The van der Waals surface area contributed by atoms with E-state index in [1.807, 2.05) is 13.8 Å². The van der Waals surface area contributed by atoms with Crippen molar-refractivity contribution in [2.24, 2.45) is 5.92 Å². The van der Waals surface area contributed by atoms with E-state index in [1.165, 1.54) is 0 Å². The van der Waals surface area contributed by atoms with E-state index in [2.05, 4.69) is 5.32 Å². The van der Waals surface area contributed by atoms with Crippen molar-refractivity contribution < 1.29 is 23.8 Å². The smallest absolute Gasteiger partial charge is 0.407 e. The molecule has 1 saturated carbocycles. The van der Waals surface area contributed by atoms with Gasteiger partial charge in [0, 0.05) is 5.92 Å². The van der Waals surface area contributed by atoms with E-state index in [1.54, 1.807) is 27.7 Å². The maximum absolute atomic E-state index is 11.9. The summed E-state index contributed by atoms with van der Waals surface area (Å²) in [6, 6.07) is -0.277. The fraction of sp³-hybridized carbons (Fsp3) is 0.867. The second-order valence-electron chi connectivity index (χ2n) is 7.27. The molecule has 1 aliphatic heterocycles. The molecule has 1 saturated heterocycles. The van der Waals surface area contributed by atoms with Gasteiger partial charge in [-0.15, -0.1) is 0 Å². The fourth-order valence-corrected chi connectivity index (χ4v) is 2.98. The molecule has 1 aliphatic carbocycles. The zero-order valence-electron chi connectivity index (χ0n) is 13.6. The van der Waals surface area contributed by atoms with E-state index >= 15 is 0 Å². The van der Waals surface area contributed by atoms with Gasteiger partial charge in [-0.2, -0.15) is 0 Å². The molecular weight excluding hydrogens is 274 g/mol. The Labute approximate surface area is 125 Å². The third kappa shape index (κ3) is 3.74. The van der Waals surface area contributed by atoms with Crippen LogP contribution in [-0.2, 0) is 19.0 Å². The molecule has 1 heterocycles. The summed E-state index contributed by atoms with van der Waals surface area (Å²) >= 11 is 0. The number of fused-ring (bicyclic) bond motifs is 1. The Morgan fingerprint density at radius 3 is 2.29 bits per heavy atom. The molecule has 2 fully saturated rings. The normalized spacial score (nSPS) is 34.4. The molecule has 0 aromatic heterocycles. The van der Waals surface area contributed by atoms with Crippen molar-refractivity contribution in [3.63, 3.8) is 0 Å². The molecule has 0 aromatic carbocycles. The van der Waals surface area contributed by atoms with E-state index in [0.29, 0.717) is 6.42 Å². The number of alkyl carbamates (subject to hydrolysis) is 1. The summed E-state index contributed by atoms with van der Waals surface area (Å²) < 4.78 is 16.9. The first-order valence-corrected chi connectivity index (χ1v) is 7.34. The van der Waals surface area contributed by atoms with Gasteiger partial charge >= 0.3 is 6.09 Å². The van der Waals surface area contributed by atoms with Gasteiger partial charge in [0.15, 0.2) is 5.79 Å². The summed E-state index contributed by atoms with van der Waals surface area (Å²) in [4.78, 5) is 23.7. The van der Waals surface area contributed by atoms with Gasteiger partial charge in [0.1, 0.15) is 17.5 Å². The third-order valence-electron chi connectivity index (χ3n) is 3.69. The summed E-state index contributed by atoms with van der Waals surface area (Å²) in [6.45, 7) is 10.6. The van der Waals surface area contributed by atoms with Crippen LogP contribution in [0.15, 0.2) is 0 Å². The average Bonchev–Trinajstić information content (AvgIpc) is 2.70. The van der Waals surface area contributed by atoms with Crippen molar-refractivity contribution in [1.82, 2.24) is 5.32 Å². The van der Waals surface area contributed by atoms with E-state index < -0.39 is 17.5 Å². The van der Waals surface area contributed by atoms with Crippen LogP contribution in [0.5, 0.6) is 0 Å². The first-order chi connectivity index (χ1) is 9.48. The standard InChI is InChI=1S/C15H25NO5/c1-8(17)9-7-10(16-13(18)21-14(2,3)4)12-11(9)19-15(5,6)20-12/h9-12H,7H2,1-6H3,(H,16,18)/t9-,10?,11-,12+/m1/s1. The van der Waals surface area contributed by atoms with Gasteiger partial charge in [0.05, 0.1) is 12.1 Å². The molecule has 6 heteroatoms. The molecular formula is C15H25NO5. The molecule has 2 rings (SSSR count). The van der Waals surface area contributed by atoms with Crippen LogP contribution < -0.4 is 5.32 Å². The highest BCUT2D eigenvalue weighted by Crippen LogP contribution is 2.42. The minimum absolute atomic E-state index is 0.0554. The summed E-state index contributed by atoms with van der Waals surface area (Å²) in [5.41, 5.74) is -0.561. The van der Waals surface area contributed by atoms with Crippen LogP contribution in [0.4, 0.5) is 4.79 Å². The molecule has 2 aliphatic rings. The molecule has 4 atom stereocenters. The Bertz CT molecular complexity index is 440. The number of carbonyl (C=O) groups is 2. The van der Waals surface area contributed by atoms with Gasteiger partial charge in [-0.3, -0.25) is 4.79 Å². The van der Waals surface area contributed by atoms with Gasteiger partial charge < -0.3 is 19.5 Å². The number of Topliss-reactive ketones (excluding diaryl/α,β-unsaturated/α-hetero) is 1. The van der Waals surface area contributed by atoms with Crippen molar-refractivity contribution in [3.8, 4) is 0 Å². The Hall–Kier alpha value is -1.14. The molecule has 0 aromatic rings. The van der Waals surface area contributed by atoms with Crippen LogP contribution in [0.1, 0.15) is 48.0 Å². The number of ketones is 1. The van der Waals surface area contributed by atoms with E-state index in [-0.39, 0.29) is 30.0 Å². The molecule has 0 spiro atoms. The maximum atomic E-state index is 11.9. The monoisotopic (exact) mass is 299 g/mol. The van der Waals surface area contributed by atoms with Crippen molar-refractivity contribution >= 4 is 11.9 Å². The number of hydrogen-bond acceptors (Lipinski definition) is 5. The minimum atomic E-state index is -0.739. The lowest BCUT2D eigenvalue weighted by Gasteiger charge is -2.25. The highest BCUT2D eigenvalue weighted by Gasteiger charge is 2.55. The lowest BCUT2D eigenvalue weighted by atomic mass is 10.0. The quantitative estimate of drug-likeness (QED) is 0.844. The summed E-state index contributed by atoms with van der Waals surface area (Å²) in [5.74, 6) is -0.936. The Morgan fingerprint density at radius 1 is 1.19 bits per heavy atom. The third-order valence-corrected chi connectivity index (χ3v) is 3.69. The second-order valence-corrected chi connectivity index (χ2v) is 7.27. The summed E-state index contributed by atoms with van der Waals surface area (Å²) in [7, 11) is 0. The van der Waals surface area contributed by atoms with E-state index in [9.17, 15) is 9.59 Å². The van der Waals surface area contributed by atoms with Crippen LogP contribution in [0.3, 0.4) is 0 Å². The lowest BCUT2D eigenvalue weighted by Crippen LogP contribution is -2.45. The van der Waals surface area contributed by atoms with Gasteiger partial charge in [-0.25, -0.2) is 4.79 Å². The van der Waals surface area contributed by atoms with Crippen LogP contribution in [0.25, 0.3) is 0 Å². The average molecular weight is 299 g/mol. The summed E-state index contributed by atoms with van der Waals surface area (Å²) in [6.07, 6.45) is -0.609. The molecule has 0 bridgehead atoms. The number of rotatable bonds is 2. The highest BCUT2D eigenvalue weighted by molar-refractivity contribution is 5.80. The Morgan fingerprint density at radius 2 is 1.76 bits per heavy atom. The van der Waals surface area contributed by atoms with Crippen LogP contribution >= 0.6 is 0 Å². The Balaban J connectivity index is 2.07. The lowest BCUT2D eigenvalue weighted by molar-refractivity contribution is -0.160. The summed E-state index contributed by atoms with van der Waals surface area (Å²) in [5, 5.41) is 2.81. The molecule has 120 valence electrons. The highest BCUT2D eigenvalue weighted by atomic mass is 16.8. The van der Waals surface area contributed by atoms with E-state index in [0.717, 1.165) is 0 Å². The predicted octanol–water partition coefficient (Wildman–Crippen LogP) is 2.01. The maximum Gasteiger partial charge on any atom is 0.407 e. The number of nitrogens with one attached hydrogen (secondary N) is 1. The predicted molar refractivity (Wildman–Crippen MR) is 75.8 cm³/mol. The number of carbonyl (C=O) groups excluding carboxylic acids is 2. The SMILES string of the molecule is CC(=O)[C@H]1CC(NC(=O)OC(C)(C)C)[C@@H]2OC(C)(C)O[C@H]12. The zero-order valence-corrected chi connectivity index (χ0v) is 13.6. The van der Waals surface area contributed by atoms with Gasteiger partial charge in [0.2, 0.25) is 0 Å². The van der Waals surface area contributed by atoms with Crippen LogP contribution in [-0.4, -0.2) is 41.5 Å². The van der Waals surface area contributed by atoms with Crippen molar-refractivity contribution in [1.29, 1.82) is 0 Å². The van der Waals surface area contributed by atoms with Gasteiger partial charge in [-0.05, 0) is 48.0 Å². The van der Waals surface area contributed by atoms with Crippen molar-refractivity contribution in [3.05, 3.63) is 0 Å². The number of ether oxygens (including phenoxy) is 3. The molecule has 6 nitrogen and oxygen atoms in total. The first-order valence-electron chi connectivity index (χ1n) is 7.34. The zero-order chi connectivity index (χ0) is 16.0. The molecule has 21 heavy (non-hydrogen) atoms. The van der Waals surface area contributed by atoms with Crippen molar-refractivity contribution in [2.45, 2.75) is 77.6 Å². The van der Waals surface area contributed by atoms with Gasteiger partial charge in [0.25, 0.3) is 0 Å². The number of amides is 1. The van der Waals surface area contributed by atoms with Gasteiger partial charge in [-0.1, -0.05) is 0 Å². The molecule has 1 amide bonds.